The van der Waals surface area contributed by atoms with Crippen molar-refractivity contribution in [2.45, 2.75) is 19.6 Å². The second-order valence-electron chi connectivity index (χ2n) is 5.96. The Morgan fingerprint density at radius 2 is 1.56 bits per heavy atom. The lowest BCUT2D eigenvalue weighted by Crippen LogP contribution is -2.36. The Balaban J connectivity index is 0.00000312. The first-order valence-electron chi connectivity index (χ1n) is 7.98. The average molecular weight is 473 g/mol. The lowest BCUT2D eigenvalue weighted by molar-refractivity contribution is 0.402. The summed E-state index contributed by atoms with van der Waals surface area (Å²) in [6.45, 7) is 2.37. The highest BCUT2D eigenvalue weighted by molar-refractivity contribution is 14.0. The van der Waals surface area contributed by atoms with Gasteiger partial charge in [-0.25, -0.2) is 0 Å². The molecule has 2 rings (SSSR count). The van der Waals surface area contributed by atoms with Crippen molar-refractivity contribution in [3.63, 3.8) is 0 Å². The molecule has 4 nitrogen and oxygen atoms in total. The first-order chi connectivity index (χ1) is 11.6. The van der Waals surface area contributed by atoms with E-state index >= 15 is 0 Å². The van der Waals surface area contributed by atoms with Gasteiger partial charge in [0.2, 0.25) is 0 Å². The van der Waals surface area contributed by atoms with Gasteiger partial charge in [-0.05, 0) is 42.9 Å². The van der Waals surface area contributed by atoms with E-state index < -0.39 is 0 Å². The van der Waals surface area contributed by atoms with Crippen LogP contribution >= 0.6 is 35.6 Å². The first-order valence-corrected chi connectivity index (χ1v) is 8.36. The number of hydrogen-bond donors (Lipinski definition) is 2. The number of benzene rings is 2. The summed E-state index contributed by atoms with van der Waals surface area (Å²) in [5, 5.41) is 7.37. The molecule has 0 aliphatic rings. The van der Waals surface area contributed by atoms with Crippen LogP contribution in [0.5, 0.6) is 0 Å². The molecule has 0 unspecified atom stereocenters. The normalized spacial score (nSPS) is 11.2. The number of aliphatic imine (C=N–C) groups is 1. The average Bonchev–Trinajstić information content (AvgIpc) is 2.56. The van der Waals surface area contributed by atoms with Gasteiger partial charge >= 0.3 is 0 Å². The zero-order valence-electron chi connectivity index (χ0n) is 14.9. The Morgan fingerprint density at radius 1 is 0.960 bits per heavy atom. The zero-order valence-corrected chi connectivity index (χ0v) is 18.0. The van der Waals surface area contributed by atoms with E-state index in [1.807, 2.05) is 24.3 Å². The summed E-state index contributed by atoms with van der Waals surface area (Å²) >= 11 is 6.00. The largest absolute Gasteiger partial charge is 0.352 e. The summed E-state index contributed by atoms with van der Waals surface area (Å²) in [7, 11) is 5.92. The molecule has 136 valence electrons. The first kappa shape index (κ1) is 21.7. The highest BCUT2D eigenvalue weighted by Crippen LogP contribution is 2.10. The Morgan fingerprint density at radius 3 is 2.12 bits per heavy atom. The molecule has 0 atom stereocenters. The molecular formula is C19H26ClIN4. The SMILES string of the molecule is CN=C(NCc1ccc(CN(C)C)cc1)NCc1cccc(Cl)c1.I. The minimum absolute atomic E-state index is 0. The smallest absolute Gasteiger partial charge is 0.191 e. The number of halogens is 2. The topological polar surface area (TPSA) is 39.7 Å². The van der Waals surface area contributed by atoms with Gasteiger partial charge in [-0.15, -0.1) is 24.0 Å². The van der Waals surface area contributed by atoms with Gasteiger partial charge in [0.25, 0.3) is 0 Å². The van der Waals surface area contributed by atoms with E-state index in [1.165, 1.54) is 11.1 Å². The van der Waals surface area contributed by atoms with Crippen molar-refractivity contribution >= 4 is 41.5 Å². The molecule has 0 spiro atoms. The number of guanidine groups is 1. The van der Waals surface area contributed by atoms with Gasteiger partial charge in [-0.3, -0.25) is 4.99 Å². The molecule has 0 saturated carbocycles. The van der Waals surface area contributed by atoms with Gasteiger partial charge < -0.3 is 15.5 Å². The second kappa shape index (κ2) is 11.3. The third-order valence-corrected chi connectivity index (χ3v) is 3.79. The van der Waals surface area contributed by atoms with Crippen molar-refractivity contribution in [2.24, 2.45) is 4.99 Å². The van der Waals surface area contributed by atoms with Crippen LogP contribution in [0.15, 0.2) is 53.5 Å². The van der Waals surface area contributed by atoms with Crippen molar-refractivity contribution in [3.8, 4) is 0 Å². The summed E-state index contributed by atoms with van der Waals surface area (Å²) in [4.78, 5) is 6.41. The Bertz CT molecular complexity index is 671. The fourth-order valence-corrected chi connectivity index (χ4v) is 2.58. The van der Waals surface area contributed by atoms with Crippen molar-refractivity contribution in [1.82, 2.24) is 15.5 Å². The molecule has 6 heteroatoms. The van der Waals surface area contributed by atoms with Crippen molar-refractivity contribution in [3.05, 3.63) is 70.2 Å². The molecule has 0 bridgehead atoms. The van der Waals surface area contributed by atoms with Gasteiger partial charge in [-0.1, -0.05) is 48.0 Å². The van der Waals surface area contributed by atoms with Crippen LogP contribution in [0.4, 0.5) is 0 Å². The maximum atomic E-state index is 6.00. The van der Waals surface area contributed by atoms with Crippen molar-refractivity contribution in [1.29, 1.82) is 0 Å². The third kappa shape index (κ3) is 8.07. The van der Waals surface area contributed by atoms with Gasteiger partial charge in [-0.2, -0.15) is 0 Å². The summed E-state index contributed by atoms with van der Waals surface area (Å²) in [5.41, 5.74) is 3.66. The van der Waals surface area contributed by atoms with Crippen LogP contribution < -0.4 is 10.6 Å². The molecule has 0 saturated heterocycles. The highest BCUT2D eigenvalue weighted by Gasteiger charge is 2.01. The molecule has 2 N–H and O–H groups in total. The molecule has 0 aliphatic carbocycles. The van der Waals surface area contributed by atoms with Crippen molar-refractivity contribution < 1.29 is 0 Å². The van der Waals surface area contributed by atoms with E-state index in [0.29, 0.717) is 6.54 Å². The maximum Gasteiger partial charge on any atom is 0.191 e. The minimum atomic E-state index is 0. The van der Waals surface area contributed by atoms with Crippen LogP contribution in [-0.4, -0.2) is 32.0 Å². The Labute approximate surface area is 172 Å². The van der Waals surface area contributed by atoms with Crippen LogP contribution in [0.3, 0.4) is 0 Å². The van der Waals surface area contributed by atoms with E-state index in [4.69, 9.17) is 11.6 Å². The standard InChI is InChI=1S/C19H25ClN4.HI/c1-21-19(23-13-17-5-4-6-18(20)11-17)22-12-15-7-9-16(10-8-15)14-24(2)3;/h4-11H,12-14H2,1-3H3,(H2,21,22,23);1H. The van der Waals surface area contributed by atoms with Gasteiger partial charge in [0.05, 0.1) is 0 Å². The monoisotopic (exact) mass is 472 g/mol. The van der Waals surface area contributed by atoms with E-state index in [0.717, 1.165) is 29.6 Å². The molecule has 2 aromatic rings. The number of hydrogen-bond acceptors (Lipinski definition) is 2. The molecule has 0 amide bonds. The van der Waals surface area contributed by atoms with Crippen LogP contribution in [0.1, 0.15) is 16.7 Å². The minimum Gasteiger partial charge on any atom is -0.352 e. The maximum absolute atomic E-state index is 6.00. The van der Waals surface area contributed by atoms with Gasteiger partial charge in [0.15, 0.2) is 5.96 Å². The predicted octanol–water partition coefficient (Wildman–Crippen LogP) is 3.88. The van der Waals surface area contributed by atoms with Gasteiger partial charge in [0.1, 0.15) is 0 Å². The lowest BCUT2D eigenvalue weighted by atomic mass is 10.1. The zero-order chi connectivity index (χ0) is 17.4. The Kier molecular flexibility index (Phi) is 9.85. The number of rotatable bonds is 6. The molecular weight excluding hydrogens is 447 g/mol. The summed E-state index contributed by atoms with van der Waals surface area (Å²) < 4.78 is 0. The summed E-state index contributed by atoms with van der Waals surface area (Å²) in [5.74, 6) is 0.771. The molecule has 0 aromatic heterocycles. The molecule has 0 aliphatic heterocycles. The van der Waals surface area contributed by atoms with E-state index in [2.05, 4.69) is 58.9 Å². The number of nitrogens with zero attached hydrogens (tertiary/aromatic N) is 2. The van der Waals surface area contributed by atoms with Crippen LogP contribution in [0.2, 0.25) is 5.02 Å². The van der Waals surface area contributed by atoms with E-state index in [1.54, 1.807) is 7.05 Å². The lowest BCUT2D eigenvalue weighted by Gasteiger charge is -2.13. The van der Waals surface area contributed by atoms with E-state index in [-0.39, 0.29) is 24.0 Å². The van der Waals surface area contributed by atoms with Gasteiger partial charge in [0, 0.05) is 31.7 Å². The summed E-state index contributed by atoms with van der Waals surface area (Å²) in [6, 6.07) is 16.4. The van der Waals surface area contributed by atoms with Crippen LogP contribution in [-0.2, 0) is 19.6 Å². The Hall–Kier alpha value is -1.31. The van der Waals surface area contributed by atoms with Crippen LogP contribution in [0.25, 0.3) is 0 Å². The third-order valence-electron chi connectivity index (χ3n) is 3.55. The second-order valence-corrected chi connectivity index (χ2v) is 6.40. The fourth-order valence-electron chi connectivity index (χ4n) is 2.37. The molecule has 0 fully saturated rings. The highest BCUT2D eigenvalue weighted by atomic mass is 127. The summed E-state index contributed by atoms with van der Waals surface area (Å²) in [6.07, 6.45) is 0. The quantitative estimate of drug-likeness (QED) is 0.381. The van der Waals surface area contributed by atoms with Crippen molar-refractivity contribution in [2.75, 3.05) is 21.1 Å². The van der Waals surface area contributed by atoms with Crippen LogP contribution in [0, 0.1) is 0 Å². The molecule has 2 aromatic carbocycles. The molecule has 25 heavy (non-hydrogen) atoms. The van der Waals surface area contributed by atoms with E-state index in [9.17, 15) is 0 Å². The predicted molar refractivity (Wildman–Crippen MR) is 118 cm³/mol. The number of nitrogens with one attached hydrogen (secondary N) is 2. The molecule has 0 radical (unpaired) electrons. The fraction of sp³-hybridized carbons (Fsp3) is 0.316. The molecule has 0 heterocycles.